The highest BCUT2D eigenvalue weighted by Crippen LogP contribution is 1.94. The van der Waals surface area contributed by atoms with Crippen LogP contribution in [0.25, 0.3) is 0 Å². The van der Waals surface area contributed by atoms with Crippen molar-refractivity contribution < 1.29 is 14.3 Å². The fourth-order valence-electron chi connectivity index (χ4n) is 1.77. The van der Waals surface area contributed by atoms with Crippen LogP contribution in [0.5, 0.6) is 0 Å². The van der Waals surface area contributed by atoms with Gasteiger partial charge in [0.15, 0.2) is 0 Å². The van der Waals surface area contributed by atoms with E-state index >= 15 is 0 Å². The number of carbonyl (C=O) groups excluding carboxylic acids is 1. The van der Waals surface area contributed by atoms with E-state index in [2.05, 4.69) is 15.5 Å². The SMILES string of the molecule is COCCCNC(=O)CNCCN1CCOCC1. The molecule has 1 amide bonds. The number of nitrogens with zero attached hydrogens (tertiary/aromatic N) is 1. The molecule has 1 aliphatic heterocycles. The van der Waals surface area contributed by atoms with Crippen LogP contribution in [0.3, 0.4) is 0 Å². The van der Waals surface area contributed by atoms with Crippen molar-refractivity contribution in [2.45, 2.75) is 6.42 Å². The van der Waals surface area contributed by atoms with Crippen LogP contribution in [0.4, 0.5) is 0 Å². The fraction of sp³-hybridized carbons (Fsp3) is 0.917. The fourth-order valence-corrected chi connectivity index (χ4v) is 1.77. The Bertz CT molecular complexity index is 221. The minimum absolute atomic E-state index is 0.0491. The van der Waals surface area contributed by atoms with Crippen LogP contribution in [0.15, 0.2) is 0 Å². The molecule has 1 rings (SSSR count). The summed E-state index contributed by atoms with van der Waals surface area (Å²) in [6.45, 7) is 7.18. The molecular formula is C12H25N3O3. The predicted molar refractivity (Wildman–Crippen MR) is 69.6 cm³/mol. The van der Waals surface area contributed by atoms with Crippen molar-refractivity contribution in [1.29, 1.82) is 0 Å². The lowest BCUT2D eigenvalue weighted by atomic mass is 10.4. The molecule has 0 aromatic carbocycles. The quantitative estimate of drug-likeness (QED) is 0.523. The Balaban J connectivity index is 1.88. The molecule has 0 saturated carbocycles. The first-order valence-corrected chi connectivity index (χ1v) is 6.59. The first-order chi connectivity index (χ1) is 8.83. The van der Waals surface area contributed by atoms with Crippen LogP contribution in [0.2, 0.25) is 0 Å². The smallest absolute Gasteiger partial charge is 0.233 e. The monoisotopic (exact) mass is 259 g/mol. The molecule has 0 atom stereocenters. The van der Waals surface area contributed by atoms with Gasteiger partial charge in [-0.3, -0.25) is 9.69 Å². The molecule has 0 aromatic heterocycles. The zero-order valence-electron chi connectivity index (χ0n) is 11.2. The number of rotatable bonds is 9. The molecule has 0 bridgehead atoms. The maximum Gasteiger partial charge on any atom is 0.233 e. The first kappa shape index (κ1) is 15.4. The van der Waals surface area contributed by atoms with Crippen LogP contribution >= 0.6 is 0 Å². The van der Waals surface area contributed by atoms with Gasteiger partial charge in [0.25, 0.3) is 0 Å². The highest BCUT2D eigenvalue weighted by molar-refractivity contribution is 5.77. The molecule has 0 aromatic rings. The Labute approximate surface area is 109 Å². The Morgan fingerprint density at radius 1 is 1.33 bits per heavy atom. The van der Waals surface area contributed by atoms with Crippen molar-refractivity contribution >= 4 is 5.91 Å². The van der Waals surface area contributed by atoms with Crippen molar-refractivity contribution in [2.24, 2.45) is 0 Å². The summed E-state index contributed by atoms with van der Waals surface area (Å²) >= 11 is 0. The molecule has 1 aliphatic rings. The van der Waals surface area contributed by atoms with E-state index < -0.39 is 0 Å². The van der Waals surface area contributed by atoms with E-state index in [-0.39, 0.29) is 5.91 Å². The van der Waals surface area contributed by atoms with Gasteiger partial charge in [0.05, 0.1) is 19.8 Å². The summed E-state index contributed by atoms with van der Waals surface area (Å²) in [6, 6.07) is 0. The van der Waals surface area contributed by atoms with E-state index in [1.54, 1.807) is 7.11 Å². The zero-order valence-corrected chi connectivity index (χ0v) is 11.2. The molecule has 2 N–H and O–H groups in total. The number of methoxy groups -OCH3 is 1. The molecule has 1 fully saturated rings. The first-order valence-electron chi connectivity index (χ1n) is 6.59. The second-order valence-corrected chi connectivity index (χ2v) is 4.33. The van der Waals surface area contributed by atoms with Gasteiger partial charge in [0, 0.05) is 46.4 Å². The summed E-state index contributed by atoms with van der Waals surface area (Å²) in [6.07, 6.45) is 0.857. The van der Waals surface area contributed by atoms with Crippen LogP contribution in [0, 0.1) is 0 Å². The largest absolute Gasteiger partial charge is 0.385 e. The molecule has 0 spiro atoms. The van der Waals surface area contributed by atoms with Gasteiger partial charge in [0.1, 0.15) is 0 Å². The molecule has 1 heterocycles. The molecule has 0 aliphatic carbocycles. The van der Waals surface area contributed by atoms with Gasteiger partial charge in [-0.2, -0.15) is 0 Å². The lowest BCUT2D eigenvalue weighted by Crippen LogP contribution is -2.42. The average Bonchev–Trinajstić information content (AvgIpc) is 2.41. The number of nitrogens with one attached hydrogen (secondary N) is 2. The van der Waals surface area contributed by atoms with E-state index in [1.165, 1.54) is 0 Å². The van der Waals surface area contributed by atoms with Crippen LogP contribution in [0.1, 0.15) is 6.42 Å². The molecule has 6 nitrogen and oxygen atoms in total. The van der Waals surface area contributed by atoms with Crippen molar-refractivity contribution in [2.75, 3.05) is 66.2 Å². The highest BCUT2D eigenvalue weighted by Gasteiger charge is 2.09. The molecular weight excluding hydrogens is 234 g/mol. The van der Waals surface area contributed by atoms with E-state index in [1.807, 2.05) is 0 Å². The molecule has 1 saturated heterocycles. The predicted octanol–water partition coefficient (Wildman–Crippen LogP) is -0.939. The van der Waals surface area contributed by atoms with Gasteiger partial charge in [-0.25, -0.2) is 0 Å². The number of amides is 1. The summed E-state index contributed by atoms with van der Waals surface area (Å²) in [4.78, 5) is 13.7. The topological polar surface area (TPSA) is 62.8 Å². The Hall–Kier alpha value is -0.690. The normalized spacial score (nSPS) is 16.7. The van der Waals surface area contributed by atoms with Gasteiger partial charge in [-0.05, 0) is 6.42 Å². The third-order valence-corrected chi connectivity index (χ3v) is 2.84. The Kier molecular flexibility index (Phi) is 8.75. The second-order valence-electron chi connectivity index (χ2n) is 4.33. The zero-order chi connectivity index (χ0) is 13.1. The molecule has 18 heavy (non-hydrogen) atoms. The van der Waals surface area contributed by atoms with Gasteiger partial charge in [-0.1, -0.05) is 0 Å². The minimum atomic E-state index is 0.0491. The standard InChI is InChI=1S/C12H25N3O3/c1-17-8-2-3-14-12(16)11-13-4-5-15-6-9-18-10-7-15/h13H,2-11H2,1H3,(H,14,16). The summed E-state index contributed by atoms with van der Waals surface area (Å²) in [5.74, 6) is 0.0491. The van der Waals surface area contributed by atoms with E-state index in [0.29, 0.717) is 19.7 Å². The minimum Gasteiger partial charge on any atom is -0.385 e. The van der Waals surface area contributed by atoms with E-state index in [0.717, 1.165) is 45.8 Å². The second kappa shape index (κ2) is 10.3. The molecule has 6 heteroatoms. The summed E-state index contributed by atoms with van der Waals surface area (Å²) in [7, 11) is 1.66. The van der Waals surface area contributed by atoms with Crippen molar-refractivity contribution in [1.82, 2.24) is 15.5 Å². The van der Waals surface area contributed by atoms with Gasteiger partial charge in [0.2, 0.25) is 5.91 Å². The number of morpholine rings is 1. The molecule has 0 unspecified atom stereocenters. The number of hydrogen-bond acceptors (Lipinski definition) is 5. The van der Waals surface area contributed by atoms with Crippen LogP contribution in [-0.4, -0.2) is 77.0 Å². The maximum atomic E-state index is 11.4. The lowest BCUT2D eigenvalue weighted by Gasteiger charge is -2.26. The molecule has 106 valence electrons. The van der Waals surface area contributed by atoms with Gasteiger partial charge >= 0.3 is 0 Å². The third kappa shape index (κ3) is 7.60. The van der Waals surface area contributed by atoms with Crippen LogP contribution < -0.4 is 10.6 Å². The summed E-state index contributed by atoms with van der Waals surface area (Å²) in [5.41, 5.74) is 0. The molecule has 0 radical (unpaired) electrons. The van der Waals surface area contributed by atoms with E-state index in [9.17, 15) is 4.79 Å². The lowest BCUT2D eigenvalue weighted by molar-refractivity contribution is -0.120. The van der Waals surface area contributed by atoms with Crippen molar-refractivity contribution in [3.8, 4) is 0 Å². The van der Waals surface area contributed by atoms with Crippen LogP contribution in [-0.2, 0) is 14.3 Å². The Morgan fingerprint density at radius 3 is 2.83 bits per heavy atom. The average molecular weight is 259 g/mol. The van der Waals surface area contributed by atoms with E-state index in [4.69, 9.17) is 9.47 Å². The number of hydrogen-bond donors (Lipinski definition) is 2. The van der Waals surface area contributed by atoms with Gasteiger partial charge in [-0.15, -0.1) is 0 Å². The maximum absolute atomic E-state index is 11.4. The van der Waals surface area contributed by atoms with Crippen molar-refractivity contribution in [3.63, 3.8) is 0 Å². The van der Waals surface area contributed by atoms with Crippen molar-refractivity contribution in [3.05, 3.63) is 0 Å². The third-order valence-electron chi connectivity index (χ3n) is 2.84. The number of ether oxygens (including phenoxy) is 2. The summed E-state index contributed by atoms with van der Waals surface area (Å²) in [5, 5.41) is 5.99. The highest BCUT2D eigenvalue weighted by atomic mass is 16.5. The Morgan fingerprint density at radius 2 is 2.11 bits per heavy atom. The summed E-state index contributed by atoms with van der Waals surface area (Å²) < 4.78 is 10.2. The van der Waals surface area contributed by atoms with Gasteiger partial charge < -0.3 is 20.1 Å². The number of carbonyl (C=O) groups is 1.